The topological polar surface area (TPSA) is 71.9 Å². The Balaban J connectivity index is 0.00000432. The molecule has 3 aromatic heterocycles. The number of hydrogen-bond acceptors (Lipinski definition) is 5. The molecule has 0 atom stereocenters. The van der Waals surface area contributed by atoms with Crippen molar-refractivity contribution in [2.45, 2.75) is 46.0 Å². The Morgan fingerprint density at radius 1 is 0.860 bits per heavy atom. The summed E-state index contributed by atoms with van der Waals surface area (Å²) in [4.78, 5) is 6.77. The summed E-state index contributed by atoms with van der Waals surface area (Å²) < 4.78 is 10.6. The zero-order valence-corrected chi connectivity index (χ0v) is 31.5. The summed E-state index contributed by atoms with van der Waals surface area (Å²) in [6.45, 7) is 10.9. The van der Waals surface area contributed by atoms with Crippen LogP contribution < -0.4 is 9.64 Å². The minimum Gasteiger partial charge on any atom is -0.509 e. The van der Waals surface area contributed by atoms with Gasteiger partial charge in [0.2, 0.25) is 0 Å². The monoisotopic (exact) mass is 837 g/mol. The molecule has 0 saturated carbocycles. The molecule has 4 aromatic carbocycles. The number of ether oxygens (including phenoxy) is 1. The Bertz CT molecular complexity index is 2370. The number of aromatic nitrogens is 4. The standard InChI is InChI=1S/C42H38N6O.Pt/c1-27(2)29-19-20-44-39(21-29)47-37-16-12-11-15-34(37)35-18-17-32(25-38(35)47)49-33-23-30(42(3,4)5)22-31(24-33)48-41(46(6)7)40(36(26-43)45-48)28-13-9-8-10-14-28;/h8-23,27H,1-7H3;/q-2;+2. The van der Waals surface area contributed by atoms with Crippen LogP contribution in [0.5, 0.6) is 11.5 Å². The van der Waals surface area contributed by atoms with E-state index in [0.29, 0.717) is 28.8 Å². The van der Waals surface area contributed by atoms with E-state index < -0.39 is 0 Å². The zero-order valence-electron chi connectivity index (χ0n) is 29.2. The minimum atomic E-state index is -0.207. The van der Waals surface area contributed by atoms with E-state index in [9.17, 15) is 5.26 Å². The first-order valence-corrected chi connectivity index (χ1v) is 16.5. The molecule has 7 nitrogen and oxygen atoms in total. The van der Waals surface area contributed by atoms with Gasteiger partial charge in [-0.05, 0) is 51.7 Å². The van der Waals surface area contributed by atoms with E-state index in [1.807, 2.05) is 73.7 Å². The van der Waals surface area contributed by atoms with Gasteiger partial charge in [-0.1, -0.05) is 88.7 Å². The van der Waals surface area contributed by atoms with E-state index in [1.165, 1.54) is 5.56 Å². The van der Waals surface area contributed by atoms with Crippen LogP contribution in [0.1, 0.15) is 57.4 Å². The largest absolute Gasteiger partial charge is 2.00 e. The SMILES string of the molecule is CC(C)c1ccnc(-n2c3[c-]c(Oc4[c-]c(-n5nc(C#N)c(-c6ccccc6)c5N(C)C)cc(C(C)(C)C)c4)ccc3c3ccccc32)c1.[Pt+2]. The van der Waals surface area contributed by atoms with Crippen molar-refractivity contribution in [2.75, 3.05) is 19.0 Å². The second kappa shape index (κ2) is 13.6. The van der Waals surface area contributed by atoms with Gasteiger partial charge in [0.05, 0.1) is 5.56 Å². The van der Waals surface area contributed by atoms with Crippen molar-refractivity contribution in [3.05, 3.63) is 126 Å². The molecule has 7 rings (SSSR count). The van der Waals surface area contributed by atoms with Crippen LogP contribution in [0.3, 0.4) is 0 Å². The molecule has 0 N–H and O–H groups in total. The van der Waals surface area contributed by atoms with Gasteiger partial charge in [0.25, 0.3) is 0 Å². The van der Waals surface area contributed by atoms with Crippen molar-refractivity contribution in [1.29, 1.82) is 5.26 Å². The fraction of sp³-hybridized carbons (Fsp3) is 0.214. The van der Waals surface area contributed by atoms with E-state index in [0.717, 1.165) is 50.1 Å². The van der Waals surface area contributed by atoms with Gasteiger partial charge in [-0.15, -0.1) is 41.3 Å². The summed E-state index contributed by atoms with van der Waals surface area (Å²) in [5.41, 5.74) is 6.70. The number of nitriles is 1. The van der Waals surface area contributed by atoms with Crippen LogP contribution in [0.25, 0.3) is 44.4 Å². The van der Waals surface area contributed by atoms with E-state index in [4.69, 9.17) is 14.8 Å². The maximum Gasteiger partial charge on any atom is 2.00 e. The summed E-state index contributed by atoms with van der Waals surface area (Å²) in [5, 5.41) is 17.2. The maximum atomic E-state index is 10.2. The quantitative estimate of drug-likeness (QED) is 0.150. The molecule has 0 saturated heterocycles. The fourth-order valence-electron chi connectivity index (χ4n) is 6.28. The molecule has 3 heterocycles. The molecule has 0 fully saturated rings. The number of rotatable bonds is 7. The second-order valence-corrected chi connectivity index (χ2v) is 13.8. The summed E-state index contributed by atoms with van der Waals surface area (Å²) in [6.07, 6.45) is 1.87. The normalized spacial score (nSPS) is 11.5. The van der Waals surface area contributed by atoms with Crippen LogP contribution in [0, 0.1) is 23.5 Å². The van der Waals surface area contributed by atoms with Crippen LogP contribution in [-0.2, 0) is 26.5 Å². The van der Waals surface area contributed by atoms with Gasteiger partial charge in [0.1, 0.15) is 17.7 Å². The summed E-state index contributed by atoms with van der Waals surface area (Å²) in [6, 6.07) is 40.0. The van der Waals surface area contributed by atoms with Gasteiger partial charge < -0.3 is 14.2 Å². The van der Waals surface area contributed by atoms with E-state index >= 15 is 0 Å². The molecular formula is C42H38N6OPt. The molecule has 0 spiro atoms. The van der Waals surface area contributed by atoms with Crippen molar-refractivity contribution in [2.24, 2.45) is 0 Å². The number of fused-ring (bicyclic) bond motifs is 3. The number of para-hydroxylation sites is 1. The van der Waals surface area contributed by atoms with E-state index in [1.54, 1.807) is 4.68 Å². The molecule has 8 heteroatoms. The van der Waals surface area contributed by atoms with Gasteiger partial charge in [-0.25, -0.2) is 9.67 Å². The third-order valence-electron chi connectivity index (χ3n) is 8.82. The van der Waals surface area contributed by atoms with Crippen LogP contribution >= 0.6 is 0 Å². The third kappa shape index (κ3) is 6.32. The smallest absolute Gasteiger partial charge is 0.509 e. The zero-order chi connectivity index (χ0) is 34.4. The van der Waals surface area contributed by atoms with Gasteiger partial charge >= 0.3 is 21.1 Å². The minimum absolute atomic E-state index is 0. The first kappa shape index (κ1) is 34.7. The van der Waals surface area contributed by atoms with Crippen LogP contribution in [-0.4, -0.2) is 33.4 Å². The number of pyridine rings is 1. The van der Waals surface area contributed by atoms with Gasteiger partial charge in [0.15, 0.2) is 5.69 Å². The number of nitrogens with zero attached hydrogens (tertiary/aromatic N) is 6. The molecule has 0 radical (unpaired) electrons. The number of benzene rings is 4. The van der Waals surface area contributed by atoms with Crippen molar-refractivity contribution >= 4 is 27.6 Å². The van der Waals surface area contributed by atoms with Crippen molar-refractivity contribution in [1.82, 2.24) is 19.3 Å². The van der Waals surface area contributed by atoms with E-state index in [-0.39, 0.29) is 26.5 Å². The van der Waals surface area contributed by atoms with E-state index in [2.05, 4.69) is 99.9 Å². The Labute approximate surface area is 308 Å². The van der Waals surface area contributed by atoms with Crippen molar-refractivity contribution < 1.29 is 25.8 Å². The molecule has 0 unspecified atom stereocenters. The van der Waals surface area contributed by atoms with Crippen LogP contribution in [0.2, 0.25) is 0 Å². The molecule has 0 aliphatic heterocycles. The Morgan fingerprint density at radius 2 is 1.60 bits per heavy atom. The predicted octanol–water partition coefficient (Wildman–Crippen LogP) is 9.78. The van der Waals surface area contributed by atoms with Gasteiger partial charge in [0, 0.05) is 37.3 Å². The summed E-state index contributed by atoms with van der Waals surface area (Å²) in [7, 11) is 3.92. The molecule has 0 amide bonds. The molecular weight excluding hydrogens is 800 g/mol. The number of hydrogen-bond donors (Lipinski definition) is 0. The molecule has 252 valence electrons. The summed E-state index contributed by atoms with van der Waals surface area (Å²) in [5.74, 6) is 3.08. The Kier molecular flexibility index (Phi) is 9.44. The third-order valence-corrected chi connectivity index (χ3v) is 8.82. The van der Waals surface area contributed by atoms with Crippen molar-refractivity contribution in [3.8, 4) is 40.2 Å². The van der Waals surface area contributed by atoms with Gasteiger partial charge in [-0.3, -0.25) is 0 Å². The Morgan fingerprint density at radius 3 is 2.30 bits per heavy atom. The average molecular weight is 838 g/mol. The maximum absolute atomic E-state index is 10.2. The average Bonchev–Trinajstić information content (AvgIpc) is 3.64. The first-order valence-electron chi connectivity index (χ1n) is 16.5. The molecule has 0 bridgehead atoms. The summed E-state index contributed by atoms with van der Waals surface area (Å²) >= 11 is 0. The van der Waals surface area contributed by atoms with Crippen molar-refractivity contribution in [3.63, 3.8) is 0 Å². The Hall–Kier alpha value is -5.18. The van der Waals surface area contributed by atoms with Crippen LogP contribution in [0.15, 0.2) is 97.2 Å². The molecule has 7 aromatic rings. The predicted molar refractivity (Wildman–Crippen MR) is 197 cm³/mol. The number of anilines is 1. The first-order chi connectivity index (χ1) is 23.5. The molecule has 0 aliphatic carbocycles. The second-order valence-electron chi connectivity index (χ2n) is 13.8. The van der Waals surface area contributed by atoms with Gasteiger partial charge in [-0.2, -0.15) is 16.4 Å². The fourth-order valence-corrected chi connectivity index (χ4v) is 6.28. The molecule has 50 heavy (non-hydrogen) atoms. The van der Waals surface area contributed by atoms with Crippen LogP contribution in [0.4, 0.5) is 5.82 Å². The molecule has 0 aliphatic rings.